The lowest BCUT2D eigenvalue weighted by Gasteiger charge is -2.35. The maximum absolute atomic E-state index is 12.8. The molecule has 1 aliphatic rings. The molecule has 4 nitrogen and oxygen atoms in total. The van der Waals surface area contributed by atoms with Crippen molar-refractivity contribution < 1.29 is 9.53 Å². The van der Waals surface area contributed by atoms with Crippen LogP contribution >= 0.6 is 0 Å². The second kappa shape index (κ2) is 7.49. The Kier molecular flexibility index (Phi) is 6.30. The predicted octanol–water partition coefficient (Wildman–Crippen LogP) is 2.73. The molecule has 1 fully saturated rings. The maximum Gasteiger partial charge on any atom is 0.243 e. The molecule has 1 saturated carbocycles. The van der Waals surface area contributed by atoms with Gasteiger partial charge >= 0.3 is 0 Å². The topological polar surface area (TPSA) is 53.3 Å². The van der Waals surface area contributed by atoms with Gasteiger partial charge in [-0.3, -0.25) is 4.79 Å². The van der Waals surface area contributed by atoms with Crippen LogP contribution in [-0.2, 0) is 9.53 Å². The Bertz CT molecular complexity index is 328. The standard InChI is InChI=1S/C15H26N2O2/c1-4-17(13(2)11-19-3)14(18)15(12-16)9-7-5-6-8-10-15/h13H,4-11H2,1-3H3. The van der Waals surface area contributed by atoms with E-state index in [2.05, 4.69) is 6.07 Å². The number of ether oxygens (including phenoxy) is 1. The summed E-state index contributed by atoms with van der Waals surface area (Å²) in [6, 6.07) is 2.36. The summed E-state index contributed by atoms with van der Waals surface area (Å²) >= 11 is 0. The van der Waals surface area contributed by atoms with Crippen LogP contribution in [0.2, 0.25) is 0 Å². The molecular formula is C15H26N2O2. The molecule has 0 spiro atoms. The summed E-state index contributed by atoms with van der Waals surface area (Å²) < 4.78 is 5.14. The predicted molar refractivity (Wildman–Crippen MR) is 74.5 cm³/mol. The largest absolute Gasteiger partial charge is 0.383 e. The van der Waals surface area contributed by atoms with Gasteiger partial charge in [-0.25, -0.2) is 0 Å². The lowest BCUT2D eigenvalue weighted by molar-refractivity contribution is -0.142. The summed E-state index contributed by atoms with van der Waals surface area (Å²) in [5, 5.41) is 9.56. The average molecular weight is 266 g/mol. The Labute approximate surface area is 116 Å². The van der Waals surface area contributed by atoms with Crippen molar-refractivity contribution in [2.45, 2.75) is 58.4 Å². The normalized spacial score (nSPS) is 20.1. The van der Waals surface area contributed by atoms with E-state index >= 15 is 0 Å². The van der Waals surface area contributed by atoms with Crippen molar-refractivity contribution in [2.24, 2.45) is 5.41 Å². The summed E-state index contributed by atoms with van der Waals surface area (Å²) in [4.78, 5) is 14.6. The molecule has 0 aromatic carbocycles. The molecule has 108 valence electrons. The van der Waals surface area contributed by atoms with E-state index in [1.54, 1.807) is 12.0 Å². The van der Waals surface area contributed by atoms with E-state index in [1.807, 2.05) is 13.8 Å². The highest BCUT2D eigenvalue weighted by Gasteiger charge is 2.42. The molecule has 1 unspecified atom stereocenters. The summed E-state index contributed by atoms with van der Waals surface area (Å²) in [6.45, 7) is 5.09. The van der Waals surface area contributed by atoms with Crippen molar-refractivity contribution in [1.29, 1.82) is 5.26 Å². The first-order valence-electron chi connectivity index (χ1n) is 7.32. The molecule has 0 saturated heterocycles. The Morgan fingerprint density at radius 1 is 1.37 bits per heavy atom. The molecule has 1 amide bonds. The summed E-state index contributed by atoms with van der Waals surface area (Å²) in [6.07, 6.45) is 5.65. The Hall–Kier alpha value is -1.08. The van der Waals surface area contributed by atoms with E-state index < -0.39 is 5.41 Å². The minimum atomic E-state index is -0.797. The van der Waals surface area contributed by atoms with Crippen LogP contribution in [0.15, 0.2) is 0 Å². The van der Waals surface area contributed by atoms with Gasteiger partial charge in [-0.2, -0.15) is 5.26 Å². The molecule has 1 aliphatic carbocycles. The van der Waals surface area contributed by atoms with Crippen LogP contribution in [0.3, 0.4) is 0 Å². The number of hydrogen-bond acceptors (Lipinski definition) is 3. The average Bonchev–Trinajstić information content (AvgIpc) is 2.66. The number of carbonyl (C=O) groups excluding carboxylic acids is 1. The molecule has 0 aliphatic heterocycles. The van der Waals surface area contributed by atoms with Gasteiger partial charge < -0.3 is 9.64 Å². The first-order chi connectivity index (χ1) is 9.11. The van der Waals surface area contributed by atoms with Gasteiger partial charge in [-0.1, -0.05) is 25.7 Å². The van der Waals surface area contributed by atoms with Crippen LogP contribution < -0.4 is 0 Å². The zero-order valence-corrected chi connectivity index (χ0v) is 12.4. The van der Waals surface area contributed by atoms with Crippen molar-refractivity contribution in [3.05, 3.63) is 0 Å². The highest BCUT2D eigenvalue weighted by molar-refractivity contribution is 5.85. The van der Waals surface area contributed by atoms with Crippen LogP contribution in [0.25, 0.3) is 0 Å². The lowest BCUT2D eigenvalue weighted by atomic mass is 9.80. The summed E-state index contributed by atoms with van der Waals surface area (Å²) in [5.74, 6) is 0.00366. The molecule has 0 heterocycles. The number of nitriles is 1. The Morgan fingerprint density at radius 3 is 2.37 bits per heavy atom. The van der Waals surface area contributed by atoms with Crippen LogP contribution in [0.4, 0.5) is 0 Å². The van der Waals surface area contributed by atoms with E-state index in [0.29, 0.717) is 26.0 Å². The minimum Gasteiger partial charge on any atom is -0.383 e. The number of carbonyl (C=O) groups is 1. The molecule has 1 rings (SSSR count). The third-order valence-electron chi connectivity index (χ3n) is 4.12. The molecular weight excluding hydrogens is 240 g/mol. The van der Waals surface area contributed by atoms with Gasteiger partial charge in [0.15, 0.2) is 0 Å². The van der Waals surface area contributed by atoms with Crippen molar-refractivity contribution in [3.63, 3.8) is 0 Å². The monoisotopic (exact) mass is 266 g/mol. The van der Waals surface area contributed by atoms with Crippen LogP contribution in [0.5, 0.6) is 0 Å². The zero-order chi connectivity index (χ0) is 14.3. The fourth-order valence-corrected chi connectivity index (χ4v) is 2.97. The first-order valence-corrected chi connectivity index (χ1v) is 7.32. The number of likely N-dealkylation sites (N-methyl/N-ethyl adjacent to an activating group) is 1. The molecule has 1 atom stereocenters. The molecule has 4 heteroatoms. The number of hydrogen-bond donors (Lipinski definition) is 0. The van der Waals surface area contributed by atoms with E-state index in [0.717, 1.165) is 25.7 Å². The number of amides is 1. The van der Waals surface area contributed by atoms with Gasteiger partial charge in [0.2, 0.25) is 5.91 Å². The van der Waals surface area contributed by atoms with Crippen molar-refractivity contribution in [1.82, 2.24) is 4.90 Å². The third kappa shape index (κ3) is 3.70. The molecule has 0 aromatic heterocycles. The van der Waals surface area contributed by atoms with Gasteiger partial charge in [0.1, 0.15) is 5.41 Å². The second-order valence-electron chi connectivity index (χ2n) is 5.50. The smallest absolute Gasteiger partial charge is 0.243 e. The van der Waals surface area contributed by atoms with E-state index in [-0.39, 0.29) is 11.9 Å². The molecule has 0 N–H and O–H groups in total. The van der Waals surface area contributed by atoms with E-state index in [9.17, 15) is 10.1 Å². The number of nitrogens with zero attached hydrogens (tertiary/aromatic N) is 2. The zero-order valence-electron chi connectivity index (χ0n) is 12.4. The van der Waals surface area contributed by atoms with Crippen molar-refractivity contribution in [2.75, 3.05) is 20.3 Å². The number of methoxy groups -OCH3 is 1. The quantitative estimate of drug-likeness (QED) is 0.719. The van der Waals surface area contributed by atoms with Crippen LogP contribution in [0.1, 0.15) is 52.4 Å². The van der Waals surface area contributed by atoms with E-state index in [4.69, 9.17) is 4.74 Å². The molecule has 0 radical (unpaired) electrons. The lowest BCUT2D eigenvalue weighted by Crippen LogP contribution is -2.48. The molecule has 19 heavy (non-hydrogen) atoms. The highest BCUT2D eigenvalue weighted by Crippen LogP contribution is 2.36. The van der Waals surface area contributed by atoms with E-state index in [1.165, 1.54) is 0 Å². The first kappa shape index (κ1) is 16.0. The molecule has 0 bridgehead atoms. The molecule has 0 aromatic rings. The van der Waals surface area contributed by atoms with Crippen LogP contribution in [0, 0.1) is 16.7 Å². The highest BCUT2D eigenvalue weighted by atomic mass is 16.5. The fraction of sp³-hybridized carbons (Fsp3) is 0.867. The SMILES string of the molecule is CCN(C(=O)C1(C#N)CCCCCC1)C(C)COC. The second-order valence-corrected chi connectivity index (χ2v) is 5.50. The Balaban J connectivity index is 2.89. The van der Waals surface area contributed by atoms with Gasteiger partial charge in [0.05, 0.1) is 18.7 Å². The third-order valence-corrected chi connectivity index (χ3v) is 4.12. The van der Waals surface area contributed by atoms with Gasteiger partial charge in [0.25, 0.3) is 0 Å². The van der Waals surface area contributed by atoms with Crippen molar-refractivity contribution >= 4 is 5.91 Å². The Morgan fingerprint density at radius 2 is 1.95 bits per heavy atom. The summed E-state index contributed by atoms with van der Waals surface area (Å²) in [7, 11) is 1.64. The van der Waals surface area contributed by atoms with Crippen molar-refractivity contribution in [3.8, 4) is 6.07 Å². The number of rotatable bonds is 5. The fourth-order valence-electron chi connectivity index (χ4n) is 2.97. The van der Waals surface area contributed by atoms with Gasteiger partial charge in [0, 0.05) is 13.7 Å². The van der Waals surface area contributed by atoms with Gasteiger partial charge in [-0.05, 0) is 26.7 Å². The van der Waals surface area contributed by atoms with Gasteiger partial charge in [-0.15, -0.1) is 0 Å². The summed E-state index contributed by atoms with van der Waals surface area (Å²) in [5.41, 5.74) is -0.797. The minimum absolute atomic E-state index is 0.00366. The maximum atomic E-state index is 12.8. The van der Waals surface area contributed by atoms with Crippen LogP contribution in [-0.4, -0.2) is 37.1 Å².